The zero-order valence-electron chi connectivity index (χ0n) is 20.5. The minimum atomic E-state index is 0.318. The molecule has 4 nitrogen and oxygen atoms in total. The molecule has 0 spiro atoms. The molecule has 0 bridgehead atoms. The monoisotopic (exact) mass is 452 g/mol. The first-order chi connectivity index (χ1) is 16.6. The van der Waals surface area contributed by atoms with Gasteiger partial charge in [0.2, 0.25) is 0 Å². The van der Waals surface area contributed by atoms with E-state index >= 15 is 0 Å². The number of allylic oxidation sites excluding steroid dienone is 2. The summed E-state index contributed by atoms with van der Waals surface area (Å²) in [5.74, 6) is 3.40. The Morgan fingerprint density at radius 1 is 0.941 bits per heavy atom. The summed E-state index contributed by atoms with van der Waals surface area (Å²) in [4.78, 5) is 4.37. The first-order valence-corrected chi connectivity index (χ1v) is 13.5. The lowest BCUT2D eigenvalue weighted by molar-refractivity contribution is -0.103. The van der Waals surface area contributed by atoms with Gasteiger partial charge in [-0.2, -0.15) is 0 Å². The van der Waals surface area contributed by atoms with E-state index in [-0.39, 0.29) is 0 Å². The molecule has 0 radical (unpaired) electrons. The van der Waals surface area contributed by atoms with Crippen LogP contribution in [0.4, 0.5) is 0 Å². The zero-order valence-corrected chi connectivity index (χ0v) is 20.5. The molecule has 0 unspecified atom stereocenters. The Kier molecular flexibility index (Phi) is 4.60. The molecule has 7 atom stereocenters. The summed E-state index contributed by atoms with van der Waals surface area (Å²) in [6, 6.07) is 9.70. The number of fused-ring (bicyclic) bond motifs is 6. The smallest absolute Gasteiger partial charge is 0.0693 e. The van der Waals surface area contributed by atoms with E-state index in [4.69, 9.17) is 0 Å². The van der Waals surface area contributed by atoms with Gasteiger partial charge in [-0.15, -0.1) is 5.10 Å². The molecule has 176 valence electrons. The van der Waals surface area contributed by atoms with Gasteiger partial charge < -0.3 is 0 Å². The van der Waals surface area contributed by atoms with Crippen LogP contribution in [-0.4, -0.2) is 20.0 Å². The number of aromatic nitrogens is 4. The number of nitrogens with zero attached hydrogens (tertiary/aromatic N) is 4. The second kappa shape index (κ2) is 7.50. The van der Waals surface area contributed by atoms with Crippen molar-refractivity contribution >= 4 is 16.3 Å². The summed E-state index contributed by atoms with van der Waals surface area (Å²) in [5.41, 5.74) is 3.86. The lowest BCUT2D eigenvalue weighted by Gasteiger charge is -2.61. The predicted octanol–water partition coefficient (Wildman–Crippen LogP) is 7.10. The molecule has 4 heteroatoms. The van der Waals surface area contributed by atoms with Gasteiger partial charge >= 0.3 is 0 Å². The van der Waals surface area contributed by atoms with Gasteiger partial charge in [0, 0.05) is 24.0 Å². The van der Waals surface area contributed by atoms with Gasteiger partial charge in [0.1, 0.15) is 0 Å². The molecule has 0 N–H and O–H groups in total. The van der Waals surface area contributed by atoms with Crippen LogP contribution >= 0.6 is 0 Å². The first-order valence-electron chi connectivity index (χ1n) is 13.5. The molecule has 0 aliphatic heterocycles. The van der Waals surface area contributed by atoms with E-state index in [0.29, 0.717) is 16.9 Å². The summed E-state index contributed by atoms with van der Waals surface area (Å²) in [6.07, 6.45) is 21.1. The number of hydrogen-bond acceptors (Lipinski definition) is 3. The van der Waals surface area contributed by atoms with Crippen LogP contribution in [0.1, 0.15) is 76.8 Å². The molecule has 4 aliphatic carbocycles. The van der Waals surface area contributed by atoms with E-state index in [1.807, 2.05) is 18.6 Å². The third kappa shape index (κ3) is 2.93. The standard InChI is InChI=1S/C30H36N4/c1-29-12-9-24(34-16-15-32-33-34)18-23(29)5-6-25-27-8-7-26(30(27,2)13-10-28(25)29)21-4-3-20-11-14-31-19-22(20)17-21/h3-4,7,11,14-17,19,23-25,27-28H,5-6,8-10,12-13,18H2,1-2H3/t23-,24-,25-,27-,28-,29-,30+/m0/s1. The van der Waals surface area contributed by atoms with Gasteiger partial charge in [0.05, 0.1) is 12.2 Å². The van der Waals surface area contributed by atoms with Gasteiger partial charge in [-0.1, -0.05) is 37.3 Å². The number of pyridine rings is 1. The topological polar surface area (TPSA) is 43.6 Å². The fraction of sp³-hybridized carbons (Fsp3) is 0.567. The minimum absolute atomic E-state index is 0.318. The van der Waals surface area contributed by atoms with E-state index < -0.39 is 0 Å². The highest BCUT2D eigenvalue weighted by atomic mass is 15.4. The summed E-state index contributed by atoms with van der Waals surface area (Å²) in [7, 11) is 0. The zero-order chi connectivity index (χ0) is 22.9. The molecular weight excluding hydrogens is 416 g/mol. The van der Waals surface area contributed by atoms with Crippen molar-refractivity contribution in [3.05, 3.63) is 60.7 Å². The predicted molar refractivity (Wildman–Crippen MR) is 136 cm³/mol. The molecule has 34 heavy (non-hydrogen) atoms. The van der Waals surface area contributed by atoms with E-state index in [9.17, 15) is 0 Å². The molecule has 7 rings (SSSR count). The number of rotatable bonds is 2. The average Bonchev–Trinajstić information content (AvgIpc) is 3.51. The molecule has 2 heterocycles. The Morgan fingerprint density at radius 2 is 1.88 bits per heavy atom. The maximum absolute atomic E-state index is 4.37. The number of benzene rings is 1. The molecule has 3 aromatic rings. The van der Waals surface area contributed by atoms with E-state index in [2.05, 4.69) is 70.4 Å². The normalized spacial score (nSPS) is 39.2. The van der Waals surface area contributed by atoms with Crippen molar-refractivity contribution in [3.63, 3.8) is 0 Å². The number of hydrogen-bond donors (Lipinski definition) is 0. The van der Waals surface area contributed by atoms with Crippen molar-refractivity contribution < 1.29 is 0 Å². The van der Waals surface area contributed by atoms with Gasteiger partial charge in [-0.3, -0.25) is 4.98 Å². The molecule has 4 aliphatic rings. The maximum atomic E-state index is 4.37. The molecule has 1 aromatic carbocycles. The van der Waals surface area contributed by atoms with Crippen LogP contribution < -0.4 is 0 Å². The largest absolute Gasteiger partial charge is 0.264 e. The molecule has 3 fully saturated rings. The summed E-state index contributed by atoms with van der Waals surface area (Å²) >= 11 is 0. The van der Waals surface area contributed by atoms with Crippen molar-refractivity contribution in [2.45, 2.75) is 71.3 Å². The maximum Gasteiger partial charge on any atom is 0.0693 e. The van der Waals surface area contributed by atoms with Crippen molar-refractivity contribution in [1.82, 2.24) is 20.0 Å². The van der Waals surface area contributed by atoms with Crippen molar-refractivity contribution in [2.24, 2.45) is 34.5 Å². The summed E-state index contributed by atoms with van der Waals surface area (Å²) in [5, 5.41) is 11.0. The van der Waals surface area contributed by atoms with Crippen LogP contribution in [0.25, 0.3) is 16.3 Å². The Morgan fingerprint density at radius 3 is 2.76 bits per heavy atom. The van der Waals surface area contributed by atoms with Gasteiger partial charge in [0.25, 0.3) is 0 Å². The van der Waals surface area contributed by atoms with Crippen molar-refractivity contribution in [1.29, 1.82) is 0 Å². The highest BCUT2D eigenvalue weighted by molar-refractivity contribution is 5.86. The molecule has 0 saturated heterocycles. The highest BCUT2D eigenvalue weighted by Gasteiger charge is 2.58. The quantitative estimate of drug-likeness (QED) is 0.416. The molecular formula is C30H36N4. The third-order valence-electron chi connectivity index (χ3n) is 11.0. The van der Waals surface area contributed by atoms with Crippen LogP contribution in [0.2, 0.25) is 0 Å². The fourth-order valence-electron chi connectivity index (χ4n) is 9.16. The van der Waals surface area contributed by atoms with Crippen LogP contribution in [0.5, 0.6) is 0 Å². The van der Waals surface area contributed by atoms with E-state index in [1.54, 1.807) is 5.57 Å². The SMILES string of the molecule is C[C@]12CC[C@H](n3ccnn3)C[C@@H]1CC[C@@H]1[C@@H]2CC[C@]2(C)C(c3ccc4ccncc4c3)=CC[C@@H]12. The molecule has 0 amide bonds. The Bertz CT molecular complexity index is 1250. The lowest BCUT2D eigenvalue weighted by Crippen LogP contribution is -2.53. The van der Waals surface area contributed by atoms with E-state index in [0.717, 1.165) is 23.7 Å². The average molecular weight is 453 g/mol. The van der Waals surface area contributed by atoms with Crippen LogP contribution in [0, 0.1) is 34.5 Å². The van der Waals surface area contributed by atoms with Crippen LogP contribution in [0.15, 0.2) is 55.1 Å². The Balaban J connectivity index is 1.15. The second-order valence-corrected chi connectivity index (χ2v) is 12.2. The highest BCUT2D eigenvalue weighted by Crippen LogP contribution is 2.68. The lowest BCUT2D eigenvalue weighted by atomic mass is 9.44. The first kappa shape index (κ1) is 20.8. The summed E-state index contributed by atoms with van der Waals surface area (Å²) < 4.78 is 2.13. The second-order valence-electron chi connectivity index (χ2n) is 12.2. The Labute approximate surface area is 202 Å². The molecule has 2 aromatic heterocycles. The van der Waals surface area contributed by atoms with Crippen molar-refractivity contribution in [3.8, 4) is 0 Å². The third-order valence-corrected chi connectivity index (χ3v) is 11.0. The van der Waals surface area contributed by atoms with Crippen molar-refractivity contribution in [2.75, 3.05) is 0 Å². The fourth-order valence-corrected chi connectivity index (χ4v) is 9.16. The van der Waals surface area contributed by atoms with Gasteiger partial charge in [0.15, 0.2) is 0 Å². The van der Waals surface area contributed by atoms with Crippen LogP contribution in [-0.2, 0) is 0 Å². The van der Waals surface area contributed by atoms with Crippen LogP contribution in [0.3, 0.4) is 0 Å². The summed E-state index contributed by atoms with van der Waals surface area (Å²) in [6.45, 7) is 5.25. The molecule has 3 saturated carbocycles. The van der Waals surface area contributed by atoms with Gasteiger partial charge in [-0.05, 0) is 115 Å². The minimum Gasteiger partial charge on any atom is -0.264 e. The van der Waals surface area contributed by atoms with E-state index in [1.165, 1.54) is 67.7 Å². The van der Waals surface area contributed by atoms with Gasteiger partial charge in [-0.25, -0.2) is 4.68 Å². The Hall–Kier alpha value is -2.49.